The monoisotopic (exact) mass is 282 g/mol. The maximum Gasteiger partial charge on any atom is 0.240 e. The average molecular weight is 282 g/mol. The van der Waals surface area contributed by atoms with Gasteiger partial charge in [0.1, 0.15) is 0 Å². The van der Waals surface area contributed by atoms with Crippen molar-refractivity contribution in [3.05, 3.63) is 0 Å². The van der Waals surface area contributed by atoms with Crippen molar-refractivity contribution in [1.82, 2.24) is 9.80 Å². The highest BCUT2D eigenvalue weighted by Crippen LogP contribution is 2.26. The lowest BCUT2D eigenvalue weighted by molar-refractivity contribution is -0.134. The summed E-state index contributed by atoms with van der Waals surface area (Å²) < 4.78 is 5.45. The van der Waals surface area contributed by atoms with Crippen LogP contribution in [0.4, 0.5) is 0 Å². The molecule has 0 aromatic rings. The molecule has 2 aliphatic heterocycles. The summed E-state index contributed by atoms with van der Waals surface area (Å²) in [6.07, 6.45) is 4.64. The molecule has 0 N–H and O–H groups in total. The maximum absolute atomic E-state index is 12.4. The molecule has 2 heterocycles. The van der Waals surface area contributed by atoms with Crippen molar-refractivity contribution in [2.45, 2.75) is 58.5 Å². The third-order valence-corrected chi connectivity index (χ3v) is 4.80. The molecule has 0 saturated carbocycles. The molecule has 2 fully saturated rings. The number of carbonyl (C=O) groups excluding carboxylic acids is 1. The van der Waals surface area contributed by atoms with E-state index in [2.05, 4.69) is 25.7 Å². The topological polar surface area (TPSA) is 32.8 Å². The predicted molar refractivity (Wildman–Crippen MR) is 80.7 cm³/mol. The van der Waals surface area contributed by atoms with Crippen molar-refractivity contribution in [3.8, 4) is 0 Å². The zero-order valence-corrected chi connectivity index (χ0v) is 13.3. The van der Waals surface area contributed by atoms with Crippen molar-refractivity contribution in [2.24, 2.45) is 5.92 Å². The first kappa shape index (κ1) is 15.8. The average Bonchev–Trinajstić information content (AvgIpc) is 2.82. The fourth-order valence-electron chi connectivity index (χ4n) is 3.49. The summed E-state index contributed by atoms with van der Waals surface area (Å²) in [6, 6.07) is 0.501. The molecule has 0 unspecified atom stereocenters. The molecule has 116 valence electrons. The third kappa shape index (κ3) is 3.73. The molecule has 2 saturated heterocycles. The van der Waals surface area contributed by atoms with E-state index in [9.17, 15) is 4.79 Å². The van der Waals surface area contributed by atoms with Gasteiger partial charge in [-0.2, -0.15) is 0 Å². The van der Waals surface area contributed by atoms with E-state index < -0.39 is 0 Å². The Morgan fingerprint density at radius 3 is 2.45 bits per heavy atom. The minimum absolute atomic E-state index is 0.158. The first-order valence-corrected chi connectivity index (χ1v) is 8.25. The Kier molecular flexibility index (Phi) is 5.85. The van der Waals surface area contributed by atoms with Gasteiger partial charge in [-0.3, -0.25) is 9.69 Å². The molecule has 1 atom stereocenters. The van der Waals surface area contributed by atoms with Crippen molar-refractivity contribution >= 4 is 5.91 Å². The number of likely N-dealkylation sites (tertiary alicyclic amines) is 2. The number of carbonyl (C=O) groups is 1. The van der Waals surface area contributed by atoms with Gasteiger partial charge in [-0.05, 0) is 65.5 Å². The first-order valence-electron chi connectivity index (χ1n) is 8.25. The number of nitrogens with zero attached hydrogens (tertiary/aromatic N) is 2. The van der Waals surface area contributed by atoms with Crippen LogP contribution in [0, 0.1) is 5.92 Å². The molecule has 0 aliphatic carbocycles. The number of hydrogen-bond acceptors (Lipinski definition) is 3. The van der Waals surface area contributed by atoms with E-state index in [0.717, 1.165) is 45.2 Å². The van der Waals surface area contributed by atoms with E-state index in [1.165, 1.54) is 19.3 Å². The van der Waals surface area contributed by atoms with Crippen LogP contribution < -0.4 is 0 Å². The van der Waals surface area contributed by atoms with Crippen molar-refractivity contribution in [2.75, 3.05) is 32.8 Å². The highest BCUT2D eigenvalue weighted by molar-refractivity contribution is 5.84. The maximum atomic E-state index is 12.4. The Morgan fingerprint density at radius 1 is 1.20 bits per heavy atom. The minimum atomic E-state index is 0.158. The van der Waals surface area contributed by atoms with Gasteiger partial charge in [0.2, 0.25) is 5.91 Å². The largest absolute Gasteiger partial charge is 0.382 e. The molecule has 4 heteroatoms. The molecule has 0 radical (unpaired) electrons. The normalized spacial score (nSPS) is 25.9. The second-order valence-corrected chi connectivity index (χ2v) is 6.39. The fraction of sp³-hybridized carbons (Fsp3) is 0.938. The number of ether oxygens (including phenoxy) is 1. The zero-order chi connectivity index (χ0) is 14.5. The number of piperidine rings is 1. The van der Waals surface area contributed by atoms with E-state index in [1.807, 2.05) is 4.90 Å². The van der Waals surface area contributed by atoms with Crippen LogP contribution in [-0.2, 0) is 9.53 Å². The summed E-state index contributed by atoms with van der Waals surface area (Å²) in [5, 5.41) is 0. The van der Waals surface area contributed by atoms with E-state index in [4.69, 9.17) is 4.74 Å². The van der Waals surface area contributed by atoms with Gasteiger partial charge in [-0.1, -0.05) is 0 Å². The van der Waals surface area contributed by atoms with Crippen molar-refractivity contribution in [1.29, 1.82) is 0 Å². The predicted octanol–water partition coefficient (Wildman–Crippen LogP) is 2.13. The van der Waals surface area contributed by atoms with Gasteiger partial charge in [0.15, 0.2) is 0 Å². The Bertz CT molecular complexity index is 312. The molecule has 2 rings (SSSR count). The molecule has 1 amide bonds. The van der Waals surface area contributed by atoms with Crippen LogP contribution in [0.1, 0.15) is 46.5 Å². The zero-order valence-electron chi connectivity index (χ0n) is 13.3. The lowest BCUT2D eigenvalue weighted by atomic mass is 9.93. The van der Waals surface area contributed by atoms with Crippen molar-refractivity contribution in [3.63, 3.8) is 0 Å². The molecule has 0 bridgehead atoms. The lowest BCUT2D eigenvalue weighted by Gasteiger charge is -2.35. The molecule has 4 nitrogen and oxygen atoms in total. The van der Waals surface area contributed by atoms with Gasteiger partial charge >= 0.3 is 0 Å². The smallest absolute Gasteiger partial charge is 0.240 e. The Labute approximate surface area is 123 Å². The minimum Gasteiger partial charge on any atom is -0.382 e. The number of hydrogen-bond donors (Lipinski definition) is 0. The van der Waals surface area contributed by atoms with Crippen LogP contribution in [0.2, 0.25) is 0 Å². The summed E-state index contributed by atoms with van der Waals surface area (Å²) in [5.41, 5.74) is 0. The standard InChI is InChI=1S/C16H30N2O2/c1-4-20-12-8-14-5-9-17(10-6-14)15-7-11-18(13(2)3)16(15)19/h13-15H,4-12H2,1-3H3/t15-/m1/s1. The van der Waals surface area contributed by atoms with E-state index in [-0.39, 0.29) is 6.04 Å². The number of amides is 1. The molecular formula is C16H30N2O2. The highest BCUT2D eigenvalue weighted by Gasteiger charge is 2.38. The highest BCUT2D eigenvalue weighted by atomic mass is 16.5. The summed E-state index contributed by atoms with van der Waals surface area (Å²) in [5.74, 6) is 1.14. The first-order chi connectivity index (χ1) is 9.63. The van der Waals surface area contributed by atoms with Gasteiger partial charge in [-0.15, -0.1) is 0 Å². The molecule has 0 aromatic carbocycles. The van der Waals surface area contributed by atoms with E-state index >= 15 is 0 Å². The van der Waals surface area contributed by atoms with Crippen LogP contribution in [0.15, 0.2) is 0 Å². The van der Waals surface area contributed by atoms with Gasteiger partial charge < -0.3 is 9.64 Å². The van der Waals surface area contributed by atoms with E-state index in [1.54, 1.807) is 0 Å². The van der Waals surface area contributed by atoms with Crippen LogP contribution in [0.5, 0.6) is 0 Å². The summed E-state index contributed by atoms with van der Waals surface area (Å²) in [4.78, 5) is 16.9. The van der Waals surface area contributed by atoms with E-state index in [0.29, 0.717) is 11.9 Å². The molecule has 0 spiro atoms. The third-order valence-electron chi connectivity index (χ3n) is 4.80. The van der Waals surface area contributed by atoms with Crippen molar-refractivity contribution < 1.29 is 9.53 Å². The van der Waals surface area contributed by atoms with Gasteiger partial charge in [0, 0.05) is 25.8 Å². The Morgan fingerprint density at radius 2 is 1.90 bits per heavy atom. The molecule has 2 aliphatic rings. The Balaban J connectivity index is 1.75. The van der Waals surface area contributed by atoms with Crippen LogP contribution in [0.25, 0.3) is 0 Å². The molecule has 0 aromatic heterocycles. The second kappa shape index (κ2) is 7.41. The van der Waals surface area contributed by atoms with Gasteiger partial charge in [-0.25, -0.2) is 0 Å². The fourth-order valence-corrected chi connectivity index (χ4v) is 3.49. The number of rotatable bonds is 6. The molecule has 20 heavy (non-hydrogen) atoms. The molecular weight excluding hydrogens is 252 g/mol. The van der Waals surface area contributed by atoms with Crippen LogP contribution >= 0.6 is 0 Å². The quantitative estimate of drug-likeness (QED) is 0.700. The summed E-state index contributed by atoms with van der Waals surface area (Å²) in [6.45, 7) is 11.1. The van der Waals surface area contributed by atoms with Gasteiger partial charge in [0.05, 0.1) is 6.04 Å². The summed E-state index contributed by atoms with van der Waals surface area (Å²) >= 11 is 0. The SMILES string of the molecule is CCOCCC1CCN([C@@H]2CCN(C(C)C)C2=O)CC1. The second-order valence-electron chi connectivity index (χ2n) is 6.39. The lowest BCUT2D eigenvalue weighted by Crippen LogP contribution is -2.46. The Hall–Kier alpha value is -0.610. The van der Waals surface area contributed by atoms with Gasteiger partial charge in [0.25, 0.3) is 0 Å². The van der Waals surface area contributed by atoms with Crippen LogP contribution in [0.3, 0.4) is 0 Å². The summed E-state index contributed by atoms with van der Waals surface area (Å²) in [7, 11) is 0. The van der Waals surface area contributed by atoms with Crippen LogP contribution in [-0.4, -0.2) is 60.6 Å².